The largest absolute Gasteiger partial charge is 0.480 e. The highest BCUT2D eigenvalue weighted by molar-refractivity contribution is 6.22. The van der Waals surface area contributed by atoms with Gasteiger partial charge in [0.2, 0.25) is 0 Å². The molecule has 3 rings (SSSR count). The quantitative estimate of drug-likeness (QED) is 0.829. The fourth-order valence-corrected chi connectivity index (χ4v) is 3.23. The smallest absolute Gasteiger partial charge is 0.319 e. The number of carbonyl (C=O) groups excluding carboxylic acids is 1. The summed E-state index contributed by atoms with van der Waals surface area (Å²) in [6, 6.07) is 6.06. The summed E-state index contributed by atoms with van der Waals surface area (Å²) in [4.78, 5) is 29.7. The van der Waals surface area contributed by atoms with E-state index in [0.717, 1.165) is 38.2 Å². The number of rotatable bonds is 4. The van der Waals surface area contributed by atoms with Gasteiger partial charge in [0.15, 0.2) is 11.7 Å². The summed E-state index contributed by atoms with van der Waals surface area (Å²) in [6.07, 6.45) is 3.41. The Labute approximate surface area is 135 Å². The van der Waals surface area contributed by atoms with Crippen LogP contribution in [0.1, 0.15) is 30.1 Å². The van der Waals surface area contributed by atoms with Gasteiger partial charge in [0, 0.05) is 36.6 Å². The Morgan fingerprint density at radius 1 is 1.39 bits per heavy atom. The van der Waals surface area contributed by atoms with Gasteiger partial charge in [-0.05, 0) is 37.6 Å². The number of hydrogen-bond acceptors (Lipinski definition) is 5. The van der Waals surface area contributed by atoms with Gasteiger partial charge >= 0.3 is 5.97 Å². The van der Waals surface area contributed by atoms with E-state index < -0.39 is 11.9 Å². The maximum absolute atomic E-state index is 12.2. The molecular weight excluding hydrogens is 294 g/mol. The number of carboxylic acid groups (broad SMARTS) is 1. The summed E-state index contributed by atoms with van der Waals surface area (Å²) < 4.78 is 0. The highest BCUT2D eigenvalue weighted by Crippen LogP contribution is 2.32. The summed E-state index contributed by atoms with van der Waals surface area (Å²) in [7, 11) is 0. The van der Waals surface area contributed by atoms with E-state index in [1.54, 1.807) is 6.07 Å². The second-order valence-corrected chi connectivity index (χ2v) is 5.98. The van der Waals surface area contributed by atoms with E-state index in [9.17, 15) is 9.59 Å². The molecule has 0 bridgehead atoms. The third-order valence-electron chi connectivity index (χ3n) is 4.51. The summed E-state index contributed by atoms with van der Waals surface area (Å²) >= 11 is 0. The molecule has 1 unspecified atom stereocenters. The number of carbonyl (C=O) groups is 2. The van der Waals surface area contributed by atoms with Crippen LogP contribution in [0.2, 0.25) is 0 Å². The molecule has 6 nitrogen and oxygen atoms in total. The van der Waals surface area contributed by atoms with Gasteiger partial charge in [0.05, 0.1) is 5.69 Å². The molecule has 0 radical (unpaired) electrons. The molecule has 1 aromatic rings. The number of carboxylic acids is 1. The van der Waals surface area contributed by atoms with Crippen molar-refractivity contribution in [3.05, 3.63) is 23.8 Å². The zero-order valence-electron chi connectivity index (χ0n) is 13.2. The Kier molecular flexibility index (Phi) is 4.43. The molecule has 0 amide bonds. The number of fused-ring (bicyclic) bond motifs is 1. The minimum atomic E-state index is -1.16. The van der Waals surface area contributed by atoms with Crippen molar-refractivity contribution in [3.8, 4) is 0 Å². The van der Waals surface area contributed by atoms with Gasteiger partial charge in [0.1, 0.15) is 0 Å². The minimum Gasteiger partial charge on any atom is -0.480 e. The highest BCUT2D eigenvalue weighted by atomic mass is 16.4. The number of nitrogens with one attached hydrogen (secondary N) is 1. The number of piperidine rings is 1. The van der Waals surface area contributed by atoms with Crippen molar-refractivity contribution in [3.63, 3.8) is 0 Å². The Balaban J connectivity index is 1.76. The van der Waals surface area contributed by atoms with E-state index in [2.05, 4.69) is 22.1 Å². The molecule has 2 N–H and O–H groups in total. The summed E-state index contributed by atoms with van der Waals surface area (Å²) in [5.41, 5.74) is 2.00. The van der Waals surface area contributed by atoms with E-state index in [1.807, 2.05) is 12.1 Å². The topological polar surface area (TPSA) is 82.0 Å². The van der Waals surface area contributed by atoms with Crippen molar-refractivity contribution in [2.75, 3.05) is 24.5 Å². The summed E-state index contributed by atoms with van der Waals surface area (Å²) in [5, 5.41) is 12.5. The molecule has 6 heteroatoms. The summed E-state index contributed by atoms with van der Waals surface area (Å²) in [5.74, 6) is -2.71. The second-order valence-electron chi connectivity index (χ2n) is 5.98. The molecule has 0 aromatic heterocycles. The number of aliphatic carboxylic acids is 1. The van der Waals surface area contributed by atoms with Crippen molar-refractivity contribution >= 4 is 29.3 Å². The molecule has 2 heterocycles. The van der Waals surface area contributed by atoms with Crippen molar-refractivity contribution in [1.29, 1.82) is 0 Å². The zero-order chi connectivity index (χ0) is 16.4. The summed E-state index contributed by atoms with van der Waals surface area (Å²) in [6.45, 7) is 5.04. The van der Waals surface area contributed by atoms with Gasteiger partial charge in [-0.15, -0.1) is 0 Å². The van der Waals surface area contributed by atoms with Crippen molar-refractivity contribution in [2.24, 2.45) is 10.9 Å². The maximum atomic E-state index is 12.2. The van der Waals surface area contributed by atoms with Crippen LogP contribution >= 0.6 is 0 Å². The van der Waals surface area contributed by atoms with E-state index in [0.29, 0.717) is 17.3 Å². The molecule has 1 saturated heterocycles. The number of Topliss-reactive ketones (excluding diaryl/α,β-unsaturated/α-hetero) is 1. The standard InChI is InChI=1S/C17H21N3O3/c1-2-18-11-5-7-20(8-6-11)12-3-4-13-15(9-12)19-10-14(16(13)21)17(22)23/h3-4,9-11,14,18H,2,5-8H2,1H3,(H,22,23). The zero-order valence-corrected chi connectivity index (χ0v) is 13.2. The van der Waals surface area contributed by atoms with Crippen molar-refractivity contribution in [2.45, 2.75) is 25.8 Å². The monoisotopic (exact) mass is 315 g/mol. The average Bonchev–Trinajstić information content (AvgIpc) is 2.55. The van der Waals surface area contributed by atoms with Crippen LogP contribution < -0.4 is 10.2 Å². The SMILES string of the molecule is CCNC1CCN(c2ccc3c(c2)N=CC(C(=O)O)C3=O)CC1. The number of ketones is 1. The molecule has 1 atom stereocenters. The molecular formula is C17H21N3O3. The predicted molar refractivity (Wildman–Crippen MR) is 89.0 cm³/mol. The third-order valence-corrected chi connectivity index (χ3v) is 4.51. The van der Waals surface area contributed by atoms with Crippen LogP contribution in [0.5, 0.6) is 0 Å². The van der Waals surface area contributed by atoms with Crippen molar-refractivity contribution < 1.29 is 14.7 Å². The van der Waals surface area contributed by atoms with E-state index in [-0.39, 0.29) is 5.78 Å². The molecule has 1 aromatic carbocycles. The Morgan fingerprint density at radius 3 is 2.78 bits per heavy atom. The van der Waals surface area contributed by atoms with Gasteiger partial charge in [0.25, 0.3) is 0 Å². The fraction of sp³-hybridized carbons (Fsp3) is 0.471. The second kappa shape index (κ2) is 6.50. The molecule has 0 aliphatic carbocycles. The fourth-order valence-electron chi connectivity index (χ4n) is 3.23. The highest BCUT2D eigenvalue weighted by Gasteiger charge is 2.31. The van der Waals surface area contributed by atoms with Crippen LogP contribution in [0.4, 0.5) is 11.4 Å². The van der Waals surface area contributed by atoms with Crippen LogP contribution in [0.15, 0.2) is 23.2 Å². The Hall–Kier alpha value is -2.21. The first-order valence-corrected chi connectivity index (χ1v) is 8.03. The number of benzene rings is 1. The number of aliphatic imine (C=N–C) groups is 1. The van der Waals surface area contributed by atoms with Crippen LogP contribution in [0.3, 0.4) is 0 Å². The average molecular weight is 315 g/mol. The predicted octanol–water partition coefficient (Wildman–Crippen LogP) is 1.86. The normalized spacial score (nSPS) is 21.3. The minimum absolute atomic E-state index is 0.389. The van der Waals surface area contributed by atoms with E-state index >= 15 is 0 Å². The van der Waals surface area contributed by atoms with Gasteiger partial charge in [-0.3, -0.25) is 14.6 Å². The Morgan fingerprint density at radius 2 is 2.13 bits per heavy atom. The molecule has 1 fully saturated rings. The first-order chi connectivity index (χ1) is 11.1. The lowest BCUT2D eigenvalue weighted by Gasteiger charge is -2.34. The first-order valence-electron chi connectivity index (χ1n) is 8.03. The Bertz CT molecular complexity index is 648. The van der Waals surface area contributed by atoms with E-state index in [1.165, 1.54) is 6.21 Å². The van der Waals surface area contributed by atoms with E-state index in [4.69, 9.17) is 5.11 Å². The number of hydrogen-bond donors (Lipinski definition) is 2. The molecule has 0 saturated carbocycles. The lowest BCUT2D eigenvalue weighted by atomic mass is 9.94. The van der Waals surface area contributed by atoms with Crippen LogP contribution in [-0.4, -0.2) is 48.7 Å². The molecule has 0 spiro atoms. The molecule has 2 aliphatic heterocycles. The lowest BCUT2D eigenvalue weighted by molar-refractivity contribution is -0.137. The molecule has 23 heavy (non-hydrogen) atoms. The van der Waals surface area contributed by atoms with Gasteiger partial charge in [-0.1, -0.05) is 6.92 Å². The maximum Gasteiger partial charge on any atom is 0.319 e. The van der Waals surface area contributed by atoms with Crippen molar-refractivity contribution in [1.82, 2.24) is 5.32 Å². The van der Waals surface area contributed by atoms with Crippen LogP contribution in [0, 0.1) is 5.92 Å². The van der Waals surface area contributed by atoms with Gasteiger partial charge in [-0.2, -0.15) is 0 Å². The molecule has 122 valence electrons. The van der Waals surface area contributed by atoms with Crippen LogP contribution in [-0.2, 0) is 4.79 Å². The molecule has 2 aliphatic rings. The lowest BCUT2D eigenvalue weighted by Crippen LogP contribution is -2.42. The van der Waals surface area contributed by atoms with Gasteiger partial charge < -0.3 is 15.3 Å². The third kappa shape index (κ3) is 3.12. The van der Waals surface area contributed by atoms with Gasteiger partial charge in [-0.25, -0.2) is 0 Å². The number of anilines is 1. The number of nitrogens with zero attached hydrogens (tertiary/aromatic N) is 2. The first kappa shape index (κ1) is 15.7. The van der Waals surface area contributed by atoms with Crippen LogP contribution in [0.25, 0.3) is 0 Å².